The number of carbonyl (C=O) groups is 1. The van der Waals surface area contributed by atoms with Crippen LogP contribution in [0.15, 0.2) is 84.2 Å². The minimum Gasteiger partial charge on any atom is -0.337 e. The summed E-state index contributed by atoms with van der Waals surface area (Å²) in [6, 6.07) is 25.8. The Morgan fingerprint density at radius 2 is 1.53 bits per heavy atom. The maximum absolute atomic E-state index is 13.4. The summed E-state index contributed by atoms with van der Waals surface area (Å²) in [7, 11) is 0. The van der Waals surface area contributed by atoms with Gasteiger partial charge in [0.1, 0.15) is 16.5 Å². The number of amides is 1. The molecule has 0 N–H and O–H groups in total. The third-order valence-electron chi connectivity index (χ3n) is 7.24. The fraction of sp³-hybridized carbons (Fsp3) is 0.312. The van der Waals surface area contributed by atoms with Crippen LogP contribution in [-0.4, -0.2) is 33.8 Å². The Bertz CT molecular complexity index is 1270. The number of piperidine rings is 1. The van der Waals surface area contributed by atoms with Gasteiger partial charge in [0.05, 0.1) is 6.54 Å². The molecule has 4 nitrogen and oxygen atoms in total. The minimum atomic E-state index is -0.231. The molecule has 1 saturated heterocycles. The molecule has 5 rings (SSSR count). The van der Waals surface area contributed by atoms with Gasteiger partial charge in [-0.2, -0.15) is 0 Å². The molecule has 1 aliphatic rings. The van der Waals surface area contributed by atoms with E-state index in [1.165, 1.54) is 40.2 Å². The quantitative estimate of drug-likeness (QED) is 0.238. The van der Waals surface area contributed by atoms with E-state index in [0.717, 1.165) is 49.5 Å². The fourth-order valence-corrected chi connectivity index (χ4v) is 5.90. The van der Waals surface area contributed by atoms with Crippen LogP contribution in [-0.2, 0) is 26.1 Å². The highest BCUT2D eigenvalue weighted by atomic mass is 32.1. The van der Waals surface area contributed by atoms with E-state index in [-0.39, 0.29) is 11.7 Å². The van der Waals surface area contributed by atoms with Gasteiger partial charge in [-0.15, -0.1) is 11.3 Å². The molecule has 0 aliphatic carbocycles. The molecule has 0 radical (unpaired) electrons. The van der Waals surface area contributed by atoms with Crippen LogP contribution in [0.4, 0.5) is 4.39 Å². The highest BCUT2D eigenvalue weighted by molar-refractivity contribution is 7.09. The molecule has 0 unspecified atom stereocenters. The lowest BCUT2D eigenvalue weighted by Gasteiger charge is -2.31. The normalized spacial score (nSPS) is 14.2. The first kappa shape index (κ1) is 26.3. The first-order chi connectivity index (χ1) is 18.5. The van der Waals surface area contributed by atoms with Crippen LogP contribution in [0.3, 0.4) is 0 Å². The monoisotopic (exact) mass is 527 g/mol. The van der Waals surface area contributed by atoms with Gasteiger partial charge in [0.2, 0.25) is 0 Å². The topological polar surface area (TPSA) is 36.4 Å². The van der Waals surface area contributed by atoms with Gasteiger partial charge in [0.15, 0.2) is 0 Å². The number of halogens is 1. The Labute approximate surface area is 228 Å². The van der Waals surface area contributed by atoms with Gasteiger partial charge in [-0.1, -0.05) is 72.3 Å². The van der Waals surface area contributed by atoms with Crippen LogP contribution in [0.1, 0.15) is 50.6 Å². The zero-order valence-corrected chi connectivity index (χ0v) is 22.7. The lowest BCUT2D eigenvalue weighted by molar-refractivity contribution is 0.0685. The number of thiazole rings is 1. The summed E-state index contributed by atoms with van der Waals surface area (Å²) < 4.78 is 13.4. The molecule has 4 aromatic rings. The van der Waals surface area contributed by atoms with Gasteiger partial charge >= 0.3 is 0 Å². The van der Waals surface area contributed by atoms with Crippen molar-refractivity contribution < 1.29 is 9.18 Å². The van der Waals surface area contributed by atoms with E-state index < -0.39 is 0 Å². The van der Waals surface area contributed by atoms with Crippen LogP contribution in [0, 0.1) is 18.7 Å². The summed E-state index contributed by atoms with van der Waals surface area (Å²) in [4.78, 5) is 22.2. The third kappa shape index (κ3) is 7.15. The number of benzene rings is 3. The second-order valence-corrected chi connectivity index (χ2v) is 11.3. The fourth-order valence-electron chi connectivity index (χ4n) is 5.09. The number of hydrogen-bond acceptors (Lipinski definition) is 4. The van der Waals surface area contributed by atoms with Crippen molar-refractivity contribution in [3.05, 3.63) is 123 Å². The molecular formula is C32H34FN3OS. The van der Waals surface area contributed by atoms with E-state index in [1.54, 1.807) is 0 Å². The first-order valence-electron chi connectivity index (χ1n) is 13.3. The molecule has 1 fully saturated rings. The molecule has 0 atom stereocenters. The van der Waals surface area contributed by atoms with E-state index in [4.69, 9.17) is 4.98 Å². The number of carbonyl (C=O) groups excluding carboxylic acids is 1. The minimum absolute atomic E-state index is 0.0364. The predicted molar refractivity (Wildman–Crippen MR) is 151 cm³/mol. The number of nitrogens with zero attached hydrogens (tertiary/aromatic N) is 3. The van der Waals surface area contributed by atoms with E-state index in [9.17, 15) is 9.18 Å². The molecule has 1 amide bonds. The zero-order valence-electron chi connectivity index (χ0n) is 21.9. The first-order valence-corrected chi connectivity index (χ1v) is 14.2. The molecule has 38 heavy (non-hydrogen) atoms. The Kier molecular flexibility index (Phi) is 8.61. The highest BCUT2D eigenvalue weighted by Gasteiger charge is 2.25. The number of aromatic nitrogens is 1. The van der Waals surface area contributed by atoms with Crippen molar-refractivity contribution in [2.75, 3.05) is 13.1 Å². The summed E-state index contributed by atoms with van der Waals surface area (Å²) in [5, 5.41) is 2.82. The van der Waals surface area contributed by atoms with Crippen LogP contribution < -0.4 is 0 Å². The van der Waals surface area contributed by atoms with Crippen molar-refractivity contribution in [3.63, 3.8) is 0 Å². The summed E-state index contributed by atoms with van der Waals surface area (Å²) in [6.45, 7) is 5.70. The summed E-state index contributed by atoms with van der Waals surface area (Å²) >= 11 is 1.54. The molecule has 1 aliphatic heterocycles. The second-order valence-electron chi connectivity index (χ2n) is 10.3. The largest absolute Gasteiger partial charge is 0.337 e. The summed E-state index contributed by atoms with van der Waals surface area (Å²) in [5.41, 5.74) is 5.40. The maximum atomic E-state index is 13.4. The number of aryl methyl sites for hydroxylation is 1. The molecular weight excluding hydrogens is 493 g/mol. The lowest BCUT2D eigenvalue weighted by atomic mass is 9.90. The van der Waals surface area contributed by atoms with Crippen molar-refractivity contribution in [2.24, 2.45) is 5.92 Å². The van der Waals surface area contributed by atoms with Gasteiger partial charge < -0.3 is 4.90 Å². The Hall–Kier alpha value is -3.35. The molecule has 196 valence electrons. The van der Waals surface area contributed by atoms with Crippen LogP contribution in [0.25, 0.3) is 0 Å². The maximum Gasteiger partial charge on any atom is 0.273 e. The van der Waals surface area contributed by atoms with Gasteiger partial charge in [0, 0.05) is 31.6 Å². The third-order valence-corrected chi connectivity index (χ3v) is 8.08. The Balaban J connectivity index is 1.21. The van der Waals surface area contributed by atoms with Gasteiger partial charge in [-0.25, -0.2) is 9.37 Å². The summed E-state index contributed by atoms with van der Waals surface area (Å²) in [6.07, 6.45) is 3.13. The number of hydrogen-bond donors (Lipinski definition) is 0. The van der Waals surface area contributed by atoms with E-state index in [0.29, 0.717) is 24.7 Å². The van der Waals surface area contributed by atoms with Gasteiger partial charge in [-0.3, -0.25) is 9.69 Å². The smallest absolute Gasteiger partial charge is 0.273 e. The molecule has 6 heteroatoms. The van der Waals surface area contributed by atoms with Crippen molar-refractivity contribution in [1.82, 2.24) is 14.8 Å². The Morgan fingerprint density at radius 1 is 0.895 bits per heavy atom. The van der Waals surface area contributed by atoms with Crippen LogP contribution in [0.2, 0.25) is 0 Å². The standard InChI is InChI=1S/C32H34FN3OS/c1-24-7-9-27(10-8-24)20-35(21-28-11-13-29(33)14-12-28)22-31-34-30(23-38-31)32(37)36-17-15-26(16-18-36)19-25-5-3-2-4-6-25/h2-14,23,26H,15-22H2,1H3. The van der Waals surface area contributed by atoms with E-state index >= 15 is 0 Å². The highest BCUT2D eigenvalue weighted by Crippen LogP contribution is 2.24. The van der Waals surface area contributed by atoms with Crippen molar-refractivity contribution in [3.8, 4) is 0 Å². The zero-order chi connectivity index (χ0) is 26.3. The van der Waals surface area contributed by atoms with Gasteiger partial charge in [-0.05, 0) is 60.9 Å². The molecule has 0 bridgehead atoms. The SMILES string of the molecule is Cc1ccc(CN(Cc2ccc(F)cc2)Cc2nc(C(=O)N3CCC(Cc4ccccc4)CC3)cs2)cc1. The Morgan fingerprint density at radius 3 is 2.18 bits per heavy atom. The summed E-state index contributed by atoms with van der Waals surface area (Å²) in [5.74, 6) is 0.425. The van der Waals surface area contributed by atoms with Crippen molar-refractivity contribution >= 4 is 17.2 Å². The van der Waals surface area contributed by atoms with Crippen LogP contribution in [0.5, 0.6) is 0 Å². The van der Waals surface area contributed by atoms with Crippen LogP contribution >= 0.6 is 11.3 Å². The number of rotatable bonds is 9. The molecule has 0 saturated carbocycles. The average Bonchev–Trinajstić information content (AvgIpc) is 3.40. The van der Waals surface area contributed by atoms with Gasteiger partial charge in [0.25, 0.3) is 5.91 Å². The molecule has 3 aromatic carbocycles. The van der Waals surface area contributed by atoms with E-state index in [2.05, 4.69) is 66.4 Å². The molecule has 2 heterocycles. The lowest BCUT2D eigenvalue weighted by Crippen LogP contribution is -2.39. The average molecular weight is 528 g/mol. The predicted octanol–water partition coefficient (Wildman–Crippen LogP) is 6.89. The van der Waals surface area contributed by atoms with E-state index in [1.807, 2.05) is 22.4 Å². The second kappa shape index (κ2) is 12.5. The molecule has 0 spiro atoms. The van der Waals surface area contributed by atoms with Crippen molar-refractivity contribution in [2.45, 2.75) is 45.8 Å². The molecule has 1 aromatic heterocycles. The van der Waals surface area contributed by atoms with Crippen molar-refractivity contribution in [1.29, 1.82) is 0 Å². The number of likely N-dealkylation sites (tertiary alicyclic amines) is 1.